The predicted octanol–water partition coefficient (Wildman–Crippen LogP) is 2.25. The Hall–Kier alpha value is -1.30. The van der Waals surface area contributed by atoms with Gasteiger partial charge in [-0.15, -0.1) is 12.4 Å². The van der Waals surface area contributed by atoms with E-state index < -0.39 is 0 Å². The third-order valence-corrected chi connectivity index (χ3v) is 2.98. The van der Waals surface area contributed by atoms with Crippen molar-refractivity contribution < 1.29 is 14.3 Å². The molecule has 0 aromatic heterocycles. The summed E-state index contributed by atoms with van der Waals surface area (Å²) in [4.78, 5) is 12.1. The van der Waals surface area contributed by atoms with Crippen molar-refractivity contribution in [3.8, 4) is 5.75 Å². The molecule has 0 spiro atoms. The van der Waals surface area contributed by atoms with Gasteiger partial charge in [0, 0.05) is 38.3 Å². The molecule has 0 aliphatic heterocycles. The average Bonchev–Trinajstić information content (AvgIpc) is 2.50. The first-order valence-electron chi connectivity index (χ1n) is 7.40. The molecule has 1 aromatic carbocycles. The Bertz CT molecular complexity index is 430. The summed E-state index contributed by atoms with van der Waals surface area (Å²) >= 11 is 0. The zero-order chi connectivity index (χ0) is 15.5. The average molecular weight is 331 g/mol. The van der Waals surface area contributed by atoms with Crippen molar-refractivity contribution in [1.82, 2.24) is 10.6 Å². The van der Waals surface area contributed by atoms with Crippen molar-refractivity contribution in [3.05, 3.63) is 29.8 Å². The van der Waals surface area contributed by atoms with Crippen LogP contribution < -0.4 is 15.4 Å². The molecule has 5 nitrogen and oxygen atoms in total. The second kappa shape index (κ2) is 12.3. The Kier molecular flexibility index (Phi) is 11.5. The molecular formula is C16H27ClN2O3. The monoisotopic (exact) mass is 330 g/mol. The van der Waals surface area contributed by atoms with Crippen molar-refractivity contribution in [3.63, 3.8) is 0 Å². The number of methoxy groups -OCH3 is 1. The molecule has 0 bridgehead atoms. The third kappa shape index (κ3) is 8.22. The molecule has 0 fully saturated rings. The van der Waals surface area contributed by atoms with E-state index in [2.05, 4.69) is 10.6 Å². The summed E-state index contributed by atoms with van der Waals surface area (Å²) in [6.07, 6.45) is 0.827. The molecule has 22 heavy (non-hydrogen) atoms. The number of carbonyl (C=O) groups excluding carboxylic acids is 1. The molecule has 126 valence electrons. The Labute approximate surface area is 139 Å². The SMILES string of the molecule is CCN[C@H](C)CNC(=O)c1cccc(OCCCOC)c1.Cl. The van der Waals surface area contributed by atoms with Gasteiger partial charge in [-0.2, -0.15) is 0 Å². The lowest BCUT2D eigenvalue weighted by Crippen LogP contribution is -2.38. The van der Waals surface area contributed by atoms with E-state index in [9.17, 15) is 4.79 Å². The Morgan fingerprint density at radius 3 is 2.77 bits per heavy atom. The lowest BCUT2D eigenvalue weighted by Gasteiger charge is -2.13. The quantitative estimate of drug-likeness (QED) is 0.646. The molecule has 0 aliphatic rings. The highest BCUT2D eigenvalue weighted by molar-refractivity contribution is 5.94. The minimum atomic E-state index is -0.0814. The highest BCUT2D eigenvalue weighted by atomic mass is 35.5. The number of carbonyl (C=O) groups is 1. The summed E-state index contributed by atoms with van der Waals surface area (Å²) in [5.41, 5.74) is 0.614. The molecule has 0 saturated heterocycles. The van der Waals surface area contributed by atoms with Gasteiger partial charge in [-0.1, -0.05) is 13.0 Å². The number of nitrogens with one attached hydrogen (secondary N) is 2. The minimum absolute atomic E-state index is 0. The Balaban J connectivity index is 0.00000441. The van der Waals surface area contributed by atoms with Crippen LogP contribution in [0.5, 0.6) is 5.75 Å². The smallest absolute Gasteiger partial charge is 0.251 e. The van der Waals surface area contributed by atoms with Crippen LogP contribution in [0, 0.1) is 0 Å². The molecule has 0 aliphatic carbocycles. The number of likely N-dealkylation sites (N-methyl/N-ethyl adjacent to an activating group) is 1. The van der Waals surface area contributed by atoms with E-state index >= 15 is 0 Å². The van der Waals surface area contributed by atoms with E-state index in [-0.39, 0.29) is 24.4 Å². The largest absolute Gasteiger partial charge is 0.493 e. The summed E-state index contributed by atoms with van der Waals surface area (Å²) in [7, 11) is 1.67. The maximum Gasteiger partial charge on any atom is 0.251 e. The lowest BCUT2D eigenvalue weighted by atomic mass is 10.2. The van der Waals surface area contributed by atoms with Crippen LogP contribution in [-0.2, 0) is 4.74 Å². The minimum Gasteiger partial charge on any atom is -0.493 e. The molecule has 6 heteroatoms. The van der Waals surface area contributed by atoms with Gasteiger partial charge in [0.2, 0.25) is 0 Å². The van der Waals surface area contributed by atoms with Crippen LogP contribution in [0.1, 0.15) is 30.6 Å². The molecular weight excluding hydrogens is 304 g/mol. The van der Waals surface area contributed by atoms with Gasteiger partial charge in [0.1, 0.15) is 5.75 Å². The van der Waals surface area contributed by atoms with Crippen LogP contribution in [-0.4, -0.2) is 45.4 Å². The van der Waals surface area contributed by atoms with E-state index in [1.54, 1.807) is 19.2 Å². The number of ether oxygens (including phenoxy) is 2. The molecule has 1 rings (SSSR count). The fourth-order valence-electron chi connectivity index (χ4n) is 1.89. The highest BCUT2D eigenvalue weighted by Gasteiger charge is 2.08. The first kappa shape index (κ1) is 20.7. The predicted molar refractivity (Wildman–Crippen MR) is 91.1 cm³/mol. The normalized spacial score (nSPS) is 11.4. The van der Waals surface area contributed by atoms with Crippen molar-refractivity contribution in [2.75, 3.05) is 33.4 Å². The van der Waals surface area contributed by atoms with Gasteiger partial charge in [-0.05, 0) is 31.7 Å². The van der Waals surface area contributed by atoms with Gasteiger partial charge in [-0.25, -0.2) is 0 Å². The summed E-state index contributed by atoms with van der Waals surface area (Å²) in [5, 5.41) is 6.16. The number of benzene rings is 1. The summed E-state index contributed by atoms with van der Waals surface area (Å²) < 4.78 is 10.6. The standard InChI is InChI=1S/C16H26N2O3.ClH/c1-4-17-13(2)12-18-16(19)14-7-5-8-15(11-14)21-10-6-9-20-3;/h5,7-8,11,13,17H,4,6,9-10,12H2,1-3H3,(H,18,19);1H/t13-;/m1./s1. The first-order valence-corrected chi connectivity index (χ1v) is 7.40. The fraction of sp³-hybridized carbons (Fsp3) is 0.562. The van der Waals surface area contributed by atoms with Gasteiger partial charge in [0.25, 0.3) is 5.91 Å². The van der Waals surface area contributed by atoms with Crippen molar-refractivity contribution in [1.29, 1.82) is 0 Å². The summed E-state index contributed by atoms with van der Waals surface area (Å²) in [6, 6.07) is 7.49. The second-order valence-corrected chi connectivity index (χ2v) is 4.89. The fourth-order valence-corrected chi connectivity index (χ4v) is 1.89. The van der Waals surface area contributed by atoms with E-state index in [0.29, 0.717) is 31.1 Å². The molecule has 0 heterocycles. The van der Waals surface area contributed by atoms with Gasteiger partial charge in [0.05, 0.1) is 6.61 Å². The molecule has 1 atom stereocenters. The van der Waals surface area contributed by atoms with Crippen LogP contribution in [0.2, 0.25) is 0 Å². The molecule has 0 radical (unpaired) electrons. The highest BCUT2D eigenvalue weighted by Crippen LogP contribution is 2.13. The number of amides is 1. The van der Waals surface area contributed by atoms with E-state index in [0.717, 1.165) is 13.0 Å². The molecule has 0 unspecified atom stereocenters. The van der Waals surface area contributed by atoms with E-state index in [1.807, 2.05) is 26.0 Å². The zero-order valence-corrected chi connectivity index (χ0v) is 14.4. The van der Waals surface area contributed by atoms with Crippen LogP contribution in [0.4, 0.5) is 0 Å². The maximum atomic E-state index is 12.1. The molecule has 1 amide bonds. The van der Waals surface area contributed by atoms with Crippen molar-refractivity contribution in [2.45, 2.75) is 26.3 Å². The van der Waals surface area contributed by atoms with Crippen LogP contribution >= 0.6 is 12.4 Å². The van der Waals surface area contributed by atoms with Crippen LogP contribution in [0.3, 0.4) is 0 Å². The molecule has 1 aromatic rings. The van der Waals surface area contributed by atoms with Gasteiger partial charge in [-0.3, -0.25) is 4.79 Å². The van der Waals surface area contributed by atoms with Crippen LogP contribution in [0.25, 0.3) is 0 Å². The maximum absolute atomic E-state index is 12.1. The van der Waals surface area contributed by atoms with Gasteiger partial charge in [0.15, 0.2) is 0 Å². The van der Waals surface area contributed by atoms with E-state index in [4.69, 9.17) is 9.47 Å². The van der Waals surface area contributed by atoms with Gasteiger partial charge < -0.3 is 20.1 Å². The van der Waals surface area contributed by atoms with Crippen molar-refractivity contribution in [2.24, 2.45) is 0 Å². The molecule has 0 saturated carbocycles. The van der Waals surface area contributed by atoms with Gasteiger partial charge >= 0.3 is 0 Å². The van der Waals surface area contributed by atoms with Crippen LogP contribution in [0.15, 0.2) is 24.3 Å². The third-order valence-electron chi connectivity index (χ3n) is 2.98. The Morgan fingerprint density at radius 1 is 1.32 bits per heavy atom. The second-order valence-electron chi connectivity index (χ2n) is 4.89. The van der Waals surface area contributed by atoms with Crippen molar-refractivity contribution >= 4 is 18.3 Å². The Morgan fingerprint density at radius 2 is 2.09 bits per heavy atom. The first-order chi connectivity index (χ1) is 10.2. The summed E-state index contributed by atoms with van der Waals surface area (Å²) in [5.74, 6) is 0.626. The molecule has 2 N–H and O–H groups in total. The lowest BCUT2D eigenvalue weighted by molar-refractivity contribution is 0.0949. The number of halogens is 1. The van der Waals surface area contributed by atoms with E-state index in [1.165, 1.54) is 0 Å². The number of rotatable bonds is 10. The number of hydrogen-bond donors (Lipinski definition) is 2. The zero-order valence-electron chi connectivity index (χ0n) is 13.6. The summed E-state index contributed by atoms with van der Waals surface area (Å²) in [6.45, 7) is 6.83. The number of hydrogen-bond acceptors (Lipinski definition) is 4. The topological polar surface area (TPSA) is 59.6 Å².